The van der Waals surface area contributed by atoms with Crippen LogP contribution in [0.5, 0.6) is 0 Å². The van der Waals surface area contributed by atoms with Crippen molar-refractivity contribution in [1.29, 1.82) is 0 Å². The summed E-state index contributed by atoms with van der Waals surface area (Å²) in [6, 6.07) is 0.523. The molecule has 110 valence electrons. The van der Waals surface area contributed by atoms with Gasteiger partial charge in [0.25, 0.3) is 0 Å². The van der Waals surface area contributed by atoms with Crippen LogP contribution in [0.2, 0.25) is 0 Å². The van der Waals surface area contributed by atoms with Gasteiger partial charge in [0.05, 0.1) is 18.5 Å². The fraction of sp³-hybridized carbons (Fsp3) is 0.400. The number of hydrogen-bond acceptors (Lipinski definition) is 6. The molecule has 7 nitrogen and oxygen atoms in total. The van der Waals surface area contributed by atoms with Crippen LogP contribution in [0.15, 0.2) is 12.3 Å². The van der Waals surface area contributed by atoms with E-state index in [4.69, 9.17) is 0 Å². The predicted molar refractivity (Wildman–Crippen MR) is 61.0 cm³/mol. The summed E-state index contributed by atoms with van der Waals surface area (Å²) in [7, 11) is 1.15. The molecule has 0 bridgehead atoms. The first-order chi connectivity index (χ1) is 9.25. The van der Waals surface area contributed by atoms with Gasteiger partial charge in [-0.15, -0.1) is 0 Å². The Bertz CT molecular complexity index is 519. The number of alkyl halides is 3. The Morgan fingerprint density at radius 1 is 1.55 bits per heavy atom. The van der Waals surface area contributed by atoms with Crippen LogP contribution in [0.25, 0.3) is 0 Å². The second kappa shape index (κ2) is 6.17. The molecule has 0 amide bonds. The van der Waals surface area contributed by atoms with Gasteiger partial charge in [0.1, 0.15) is 17.6 Å². The number of pyridine rings is 1. The van der Waals surface area contributed by atoms with E-state index in [1.165, 1.54) is 0 Å². The van der Waals surface area contributed by atoms with Gasteiger partial charge in [-0.25, -0.2) is 4.98 Å². The van der Waals surface area contributed by atoms with Crippen LogP contribution >= 0.6 is 0 Å². The number of halogens is 3. The van der Waals surface area contributed by atoms with Gasteiger partial charge in [0.15, 0.2) is 0 Å². The maximum absolute atomic E-state index is 12.5. The molecule has 0 aliphatic rings. The number of nitro groups is 1. The minimum Gasteiger partial charge on any atom is -0.469 e. The van der Waals surface area contributed by atoms with Crippen LogP contribution in [-0.2, 0) is 15.7 Å². The molecule has 0 aromatic carbocycles. The highest BCUT2D eigenvalue weighted by molar-refractivity contribution is 5.70. The van der Waals surface area contributed by atoms with Gasteiger partial charge in [0, 0.05) is 6.54 Å². The molecule has 0 atom stereocenters. The van der Waals surface area contributed by atoms with Crippen LogP contribution in [0.3, 0.4) is 0 Å². The normalized spacial score (nSPS) is 11.0. The Hall–Kier alpha value is -2.39. The third-order valence-corrected chi connectivity index (χ3v) is 2.24. The van der Waals surface area contributed by atoms with Crippen molar-refractivity contribution in [3.8, 4) is 0 Å². The van der Waals surface area contributed by atoms with E-state index in [1.807, 2.05) is 0 Å². The van der Waals surface area contributed by atoms with Gasteiger partial charge in [-0.3, -0.25) is 14.9 Å². The van der Waals surface area contributed by atoms with Crippen molar-refractivity contribution < 1.29 is 27.6 Å². The van der Waals surface area contributed by atoms with Gasteiger partial charge in [0.2, 0.25) is 0 Å². The number of ether oxygens (including phenoxy) is 1. The zero-order valence-electron chi connectivity index (χ0n) is 10.2. The summed E-state index contributed by atoms with van der Waals surface area (Å²) in [5.74, 6) is -0.592. The minimum absolute atomic E-state index is 0.102. The molecule has 0 spiro atoms. The fourth-order valence-corrected chi connectivity index (χ4v) is 1.29. The molecule has 0 aliphatic heterocycles. The highest BCUT2D eigenvalue weighted by Crippen LogP contribution is 2.32. The van der Waals surface area contributed by atoms with Gasteiger partial charge < -0.3 is 10.1 Å². The molecule has 0 aliphatic carbocycles. The number of nitrogens with one attached hydrogen (secondary N) is 1. The number of methoxy groups -OCH3 is 1. The number of aromatic nitrogens is 1. The molecule has 0 unspecified atom stereocenters. The lowest BCUT2D eigenvalue weighted by Gasteiger charge is -2.10. The topological polar surface area (TPSA) is 94.4 Å². The second-order valence-corrected chi connectivity index (χ2v) is 3.59. The average molecular weight is 293 g/mol. The average Bonchev–Trinajstić information content (AvgIpc) is 2.37. The highest BCUT2D eigenvalue weighted by atomic mass is 19.4. The largest absolute Gasteiger partial charge is 0.469 e. The molecule has 0 saturated carbocycles. The van der Waals surface area contributed by atoms with Crippen molar-refractivity contribution in [2.45, 2.75) is 12.6 Å². The summed E-state index contributed by atoms with van der Waals surface area (Å²) < 4.78 is 41.8. The quantitative estimate of drug-likeness (QED) is 0.507. The Balaban J connectivity index is 2.95. The van der Waals surface area contributed by atoms with Crippen molar-refractivity contribution in [2.75, 3.05) is 19.0 Å². The van der Waals surface area contributed by atoms with Gasteiger partial charge in [-0.2, -0.15) is 13.2 Å². The van der Waals surface area contributed by atoms with Crippen molar-refractivity contribution in [3.63, 3.8) is 0 Å². The van der Waals surface area contributed by atoms with Gasteiger partial charge in [-0.1, -0.05) is 0 Å². The van der Waals surface area contributed by atoms with Crippen molar-refractivity contribution >= 4 is 17.3 Å². The number of anilines is 1. The number of hydrogen-bond donors (Lipinski definition) is 1. The van der Waals surface area contributed by atoms with Crippen LogP contribution in [0.1, 0.15) is 12.1 Å². The SMILES string of the molecule is COC(=O)CCNc1cc(C(F)(F)F)ncc1[N+](=O)[O-]. The van der Waals surface area contributed by atoms with E-state index in [0.29, 0.717) is 12.3 Å². The van der Waals surface area contributed by atoms with Gasteiger partial charge in [-0.05, 0) is 6.07 Å². The summed E-state index contributed by atoms with van der Waals surface area (Å²) in [5.41, 5.74) is -2.23. The zero-order chi connectivity index (χ0) is 15.3. The lowest BCUT2D eigenvalue weighted by Crippen LogP contribution is -2.13. The predicted octanol–water partition coefficient (Wildman–Crippen LogP) is 1.98. The molecule has 10 heteroatoms. The Morgan fingerprint density at radius 2 is 2.20 bits per heavy atom. The number of carbonyl (C=O) groups is 1. The maximum Gasteiger partial charge on any atom is 0.433 e. The Labute approximate surface area is 110 Å². The number of esters is 1. The van der Waals surface area contributed by atoms with Crippen LogP contribution in [-0.4, -0.2) is 29.5 Å². The summed E-state index contributed by atoms with van der Waals surface area (Å²) in [4.78, 5) is 23.7. The number of nitrogens with zero attached hydrogens (tertiary/aromatic N) is 2. The standard InChI is InChI=1S/C10H10F3N3O4/c1-20-9(17)2-3-14-6-4-8(10(11,12)13)15-5-7(6)16(18)19/h4-5H,2-3H2,1H3,(H,14,15). The molecule has 0 fully saturated rings. The van der Waals surface area contributed by atoms with E-state index in [0.717, 1.165) is 7.11 Å². The first kappa shape index (κ1) is 15.7. The first-order valence-corrected chi connectivity index (χ1v) is 5.28. The van der Waals surface area contributed by atoms with Crippen LogP contribution in [0, 0.1) is 10.1 Å². The number of rotatable bonds is 5. The van der Waals surface area contributed by atoms with E-state index in [-0.39, 0.29) is 18.7 Å². The molecule has 1 aromatic rings. The van der Waals surface area contributed by atoms with E-state index in [1.54, 1.807) is 0 Å². The first-order valence-electron chi connectivity index (χ1n) is 5.28. The maximum atomic E-state index is 12.5. The third kappa shape index (κ3) is 4.07. The van der Waals surface area contributed by atoms with E-state index < -0.39 is 28.5 Å². The lowest BCUT2D eigenvalue weighted by molar-refractivity contribution is -0.384. The monoisotopic (exact) mass is 293 g/mol. The van der Waals surface area contributed by atoms with Gasteiger partial charge >= 0.3 is 17.8 Å². The lowest BCUT2D eigenvalue weighted by atomic mass is 10.2. The number of carbonyl (C=O) groups excluding carboxylic acids is 1. The second-order valence-electron chi connectivity index (χ2n) is 3.59. The summed E-state index contributed by atoms with van der Waals surface area (Å²) in [6.45, 7) is -0.102. The molecule has 1 aromatic heterocycles. The summed E-state index contributed by atoms with van der Waals surface area (Å²) in [6.07, 6.45) is -4.34. The molecular weight excluding hydrogens is 283 g/mol. The van der Waals surface area contributed by atoms with Crippen molar-refractivity contribution in [2.24, 2.45) is 0 Å². The summed E-state index contributed by atoms with van der Waals surface area (Å²) in [5, 5.41) is 13.1. The van der Waals surface area contributed by atoms with Crippen molar-refractivity contribution in [3.05, 3.63) is 28.1 Å². The molecule has 1 heterocycles. The molecule has 0 saturated heterocycles. The molecular formula is C10H10F3N3O4. The third-order valence-electron chi connectivity index (χ3n) is 2.24. The van der Waals surface area contributed by atoms with E-state index in [2.05, 4.69) is 15.0 Å². The molecule has 20 heavy (non-hydrogen) atoms. The Kier molecular flexibility index (Phi) is 4.83. The minimum atomic E-state index is -4.71. The van der Waals surface area contributed by atoms with E-state index in [9.17, 15) is 28.1 Å². The molecule has 0 radical (unpaired) electrons. The van der Waals surface area contributed by atoms with Crippen molar-refractivity contribution in [1.82, 2.24) is 4.98 Å². The fourth-order valence-electron chi connectivity index (χ4n) is 1.29. The Morgan fingerprint density at radius 3 is 2.70 bits per heavy atom. The summed E-state index contributed by atoms with van der Waals surface area (Å²) >= 11 is 0. The zero-order valence-corrected chi connectivity index (χ0v) is 10.2. The smallest absolute Gasteiger partial charge is 0.433 e. The molecule has 1 N–H and O–H groups in total. The van der Waals surface area contributed by atoms with E-state index >= 15 is 0 Å². The van der Waals surface area contributed by atoms with Crippen LogP contribution < -0.4 is 5.32 Å². The highest BCUT2D eigenvalue weighted by Gasteiger charge is 2.34. The molecule has 1 rings (SSSR count). The van der Waals surface area contributed by atoms with Crippen LogP contribution in [0.4, 0.5) is 24.5 Å².